The number of ether oxygens (including phenoxy) is 1. The number of aromatic nitrogens is 2. The van der Waals surface area contributed by atoms with E-state index >= 15 is 0 Å². The number of hydrogen-bond donors (Lipinski definition) is 4. The first kappa shape index (κ1) is 15.0. The maximum absolute atomic E-state index is 10.9. The minimum absolute atomic E-state index is 0.0191. The van der Waals surface area contributed by atoms with Crippen LogP contribution in [0.3, 0.4) is 0 Å². The van der Waals surface area contributed by atoms with E-state index in [1.165, 1.54) is 6.07 Å². The van der Waals surface area contributed by atoms with Crippen molar-refractivity contribution in [1.29, 1.82) is 0 Å². The Kier molecular flexibility index (Phi) is 5.63. The van der Waals surface area contributed by atoms with Crippen molar-refractivity contribution in [3.8, 4) is 0 Å². The highest BCUT2D eigenvalue weighted by atomic mass is 32.1. The lowest BCUT2D eigenvalue weighted by Gasteiger charge is -2.14. The van der Waals surface area contributed by atoms with Crippen LogP contribution in [0.1, 0.15) is 26.0 Å². The Morgan fingerprint density at radius 1 is 1.50 bits per heavy atom. The summed E-state index contributed by atoms with van der Waals surface area (Å²) < 4.78 is 7.86. The quantitative estimate of drug-likeness (QED) is 0.420. The molecule has 18 heavy (non-hydrogen) atoms. The van der Waals surface area contributed by atoms with Gasteiger partial charge in [-0.15, -0.1) is 0 Å². The van der Waals surface area contributed by atoms with E-state index < -0.39 is 6.48 Å². The molecule has 0 amide bonds. The van der Waals surface area contributed by atoms with Crippen LogP contribution in [0.4, 0.5) is 0 Å². The fourth-order valence-electron chi connectivity index (χ4n) is 1.64. The summed E-state index contributed by atoms with van der Waals surface area (Å²) in [5.74, 6) is 0. The fourth-order valence-corrected chi connectivity index (χ4v) is 1.92. The first-order valence-corrected chi connectivity index (χ1v) is 5.82. The summed E-state index contributed by atoms with van der Waals surface area (Å²) in [4.78, 5) is 13.5. The maximum Gasteiger partial charge on any atom is 0.263 e. The van der Waals surface area contributed by atoms with Crippen molar-refractivity contribution in [2.75, 3.05) is 0 Å². The van der Waals surface area contributed by atoms with Gasteiger partial charge in [0.25, 0.3) is 12.0 Å². The van der Waals surface area contributed by atoms with Crippen LogP contribution in [0.15, 0.2) is 17.1 Å². The summed E-state index contributed by atoms with van der Waals surface area (Å²) in [7, 11) is 0. The highest BCUT2D eigenvalue weighted by Gasteiger charge is 2.22. The molecule has 4 N–H and O–H groups in total. The molecular formula is C10H16N2O5S. The van der Waals surface area contributed by atoms with E-state index in [1.807, 2.05) is 6.92 Å². The van der Waals surface area contributed by atoms with Gasteiger partial charge in [-0.25, -0.2) is 0 Å². The number of aliphatic hydroxyl groups is 3. The Balaban J connectivity index is 0.000000357. The average Bonchev–Trinajstić information content (AvgIpc) is 2.63. The Morgan fingerprint density at radius 2 is 2.11 bits per heavy atom. The second kappa shape index (κ2) is 6.76. The predicted octanol–water partition coefficient (Wildman–Crippen LogP) is -0.150. The molecule has 1 aliphatic rings. The first-order chi connectivity index (χ1) is 8.40. The fraction of sp³-hybridized carbons (Fsp3) is 0.600. The molecule has 0 bridgehead atoms. The van der Waals surface area contributed by atoms with Crippen molar-refractivity contribution in [3.05, 3.63) is 27.4 Å². The monoisotopic (exact) mass is 276 g/mol. The van der Waals surface area contributed by atoms with Gasteiger partial charge in [0.1, 0.15) is 6.23 Å². The van der Waals surface area contributed by atoms with Crippen LogP contribution >= 0.6 is 12.2 Å². The Bertz CT molecular complexity index is 481. The molecule has 1 aliphatic heterocycles. The van der Waals surface area contributed by atoms with E-state index in [9.17, 15) is 4.79 Å². The SMILES string of the molecule is CC1CCC(n2ccc(=O)[nH]c2=S)O1.OC(O)O. The summed E-state index contributed by atoms with van der Waals surface area (Å²) in [5, 5.41) is 21.5. The largest absolute Gasteiger partial charge is 0.355 e. The molecule has 0 aliphatic carbocycles. The molecule has 0 saturated carbocycles. The zero-order valence-corrected chi connectivity index (χ0v) is 10.6. The zero-order valence-electron chi connectivity index (χ0n) is 9.81. The lowest BCUT2D eigenvalue weighted by Crippen LogP contribution is -2.16. The molecule has 7 nitrogen and oxygen atoms in total. The normalized spacial score (nSPS) is 22.7. The average molecular weight is 276 g/mol. The van der Waals surface area contributed by atoms with Crippen LogP contribution in [-0.4, -0.2) is 37.5 Å². The second-order valence-corrected chi connectivity index (χ2v) is 4.23. The molecular weight excluding hydrogens is 260 g/mol. The number of nitrogens with zero attached hydrogens (tertiary/aromatic N) is 1. The van der Waals surface area contributed by atoms with Gasteiger partial charge >= 0.3 is 0 Å². The number of aliphatic hydroxyl groups excluding tert-OH is 1. The van der Waals surface area contributed by atoms with Crippen LogP contribution in [0.25, 0.3) is 0 Å². The number of H-pyrrole nitrogens is 1. The van der Waals surface area contributed by atoms with Crippen molar-refractivity contribution < 1.29 is 20.1 Å². The summed E-state index contributed by atoms with van der Waals surface area (Å²) in [6.07, 6.45) is 3.92. The topological polar surface area (TPSA) is 108 Å². The van der Waals surface area contributed by atoms with Gasteiger partial charge in [-0.2, -0.15) is 0 Å². The van der Waals surface area contributed by atoms with Gasteiger partial charge < -0.3 is 20.1 Å². The van der Waals surface area contributed by atoms with E-state index in [0.29, 0.717) is 4.77 Å². The van der Waals surface area contributed by atoms with Crippen molar-refractivity contribution in [2.24, 2.45) is 0 Å². The van der Waals surface area contributed by atoms with Crippen LogP contribution in [-0.2, 0) is 4.74 Å². The molecule has 1 saturated heterocycles. The molecule has 1 fully saturated rings. The molecule has 8 heteroatoms. The maximum atomic E-state index is 10.9. The minimum Gasteiger partial charge on any atom is -0.355 e. The third-order valence-electron chi connectivity index (χ3n) is 2.37. The van der Waals surface area contributed by atoms with Crippen molar-refractivity contribution >= 4 is 12.2 Å². The Hall–Kier alpha value is -1.06. The van der Waals surface area contributed by atoms with E-state index in [2.05, 4.69) is 4.98 Å². The number of rotatable bonds is 1. The highest BCUT2D eigenvalue weighted by molar-refractivity contribution is 7.71. The molecule has 2 unspecified atom stereocenters. The van der Waals surface area contributed by atoms with Gasteiger partial charge in [0, 0.05) is 12.3 Å². The zero-order chi connectivity index (χ0) is 13.7. The molecule has 0 radical (unpaired) electrons. The standard InChI is InChI=1S/C9H12N2O2S.CH4O3/c1-6-2-3-8(13-6)11-5-4-7(12)10-9(11)14;2-1(3)4/h4-6,8H,2-3H2,1H3,(H,10,12,14);1-4H. The number of hydrogen-bond acceptors (Lipinski definition) is 6. The van der Waals surface area contributed by atoms with E-state index in [4.69, 9.17) is 32.3 Å². The molecule has 0 aromatic carbocycles. The molecule has 2 heterocycles. The molecule has 1 aromatic rings. The summed E-state index contributed by atoms with van der Waals surface area (Å²) in [6.45, 7) is -0.130. The smallest absolute Gasteiger partial charge is 0.263 e. The Morgan fingerprint density at radius 3 is 2.56 bits per heavy atom. The van der Waals surface area contributed by atoms with Gasteiger partial charge in [-0.05, 0) is 32.0 Å². The van der Waals surface area contributed by atoms with Gasteiger partial charge in [-0.1, -0.05) is 0 Å². The van der Waals surface area contributed by atoms with Crippen LogP contribution < -0.4 is 5.56 Å². The summed E-state index contributed by atoms with van der Waals surface area (Å²) >= 11 is 5.04. The first-order valence-electron chi connectivity index (χ1n) is 5.41. The lowest BCUT2D eigenvalue weighted by atomic mass is 10.2. The molecule has 0 spiro atoms. The van der Waals surface area contributed by atoms with E-state index in [-0.39, 0.29) is 17.9 Å². The van der Waals surface area contributed by atoms with Gasteiger partial charge in [0.2, 0.25) is 0 Å². The second-order valence-electron chi connectivity index (χ2n) is 3.84. The molecule has 1 aromatic heterocycles. The number of aromatic amines is 1. The third kappa shape index (κ3) is 4.67. The molecule has 102 valence electrons. The van der Waals surface area contributed by atoms with Crippen molar-refractivity contribution in [1.82, 2.24) is 9.55 Å². The Labute approximate surface area is 108 Å². The lowest BCUT2D eigenvalue weighted by molar-refractivity contribution is -0.198. The molecule has 2 rings (SSSR count). The molecule has 2 atom stereocenters. The van der Waals surface area contributed by atoms with Crippen LogP contribution in [0.5, 0.6) is 0 Å². The van der Waals surface area contributed by atoms with Gasteiger partial charge in [0.05, 0.1) is 6.10 Å². The van der Waals surface area contributed by atoms with E-state index in [1.54, 1.807) is 10.8 Å². The third-order valence-corrected chi connectivity index (χ3v) is 2.68. The minimum atomic E-state index is -2.17. The summed E-state index contributed by atoms with van der Waals surface area (Å²) in [6, 6.07) is 1.46. The number of nitrogens with one attached hydrogen (secondary N) is 1. The van der Waals surface area contributed by atoms with Gasteiger partial charge in [0.15, 0.2) is 4.77 Å². The van der Waals surface area contributed by atoms with Crippen molar-refractivity contribution in [3.63, 3.8) is 0 Å². The predicted molar refractivity (Wildman–Crippen MR) is 65.1 cm³/mol. The van der Waals surface area contributed by atoms with Crippen LogP contribution in [0, 0.1) is 4.77 Å². The van der Waals surface area contributed by atoms with Gasteiger partial charge in [-0.3, -0.25) is 14.3 Å². The van der Waals surface area contributed by atoms with Crippen LogP contribution in [0.2, 0.25) is 0 Å². The van der Waals surface area contributed by atoms with E-state index in [0.717, 1.165) is 12.8 Å². The summed E-state index contributed by atoms with van der Waals surface area (Å²) in [5.41, 5.74) is -0.169. The highest BCUT2D eigenvalue weighted by Crippen LogP contribution is 2.27. The van der Waals surface area contributed by atoms with Crippen molar-refractivity contribution in [2.45, 2.75) is 38.6 Å².